The minimum atomic E-state index is 0.598. The number of rotatable bonds is 2. The molecule has 1 aromatic heterocycles. The van der Waals surface area contributed by atoms with Gasteiger partial charge in [0.15, 0.2) is 0 Å². The summed E-state index contributed by atoms with van der Waals surface area (Å²) >= 11 is 0. The number of aryl methyl sites for hydroxylation is 1. The Bertz CT molecular complexity index is 375. The van der Waals surface area contributed by atoms with Gasteiger partial charge in [-0.3, -0.25) is 0 Å². The first-order valence-electron chi connectivity index (χ1n) is 6.14. The quantitative estimate of drug-likeness (QED) is 0.831. The van der Waals surface area contributed by atoms with Crippen LogP contribution < -0.4 is 10.6 Å². The molecule has 0 radical (unpaired) electrons. The summed E-state index contributed by atoms with van der Waals surface area (Å²) in [4.78, 5) is 6.92. The average molecular weight is 219 g/mol. The van der Waals surface area contributed by atoms with E-state index in [2.05, 4.69) is 29.8 Å². The molecule has 88 valence electrons. The van der Waals surface area contributed by atoms with Crippen LogP contribution in [0, 0.1) is 6.92 Å². The van der Waals surface area contributed by atoms with Crippen molar-refractivity contribution < 1.29 is 0 Å². The summed E-state index contributed by atoms with van der Waals surface area (Å²) in [7, 11) is 0. The Balaban J connectivity index is 2.31. The van der Waals surface area contributed by atoms with Crippen LogP contribution in [0.3, 0.4) is 0 Å². The van der Waals surface area contributed by atoms with Crippen molar-refractivity contribution in [3.8, 4) is 0 Å². The third-order valence-corrected chi connectivity index (χ3v) is 3.66. The summed E-state index contributed by atoms with van der Waals surface area (Å²) in [5.41, 5.74) is 7.71. The molecular weight excluding hydrogens is 198 g/mol. The molecule has 0 saturated carbocycles. The molecule has 2 unspecified atom stereocenters. The van der Waals surface area contributed by atoms with Crippen molar-refractivity contribution in [3.63, 3.8) is 0 Å². The highest BCUT2D eigenvalue weighted by Gasteiger charge is 2.30. The fraction of sp³-hybridized carbons (Fsp3) is 0.615. The lowest BCUT2D eigenvalue weighted by molar-refractivity contribution is 0.621. The molecule has 1 aliphatic rings. The average Bonchev–Trinajstić information content (AvgIpc) is 2.64. The van der Waals surface area contributed by atoms with Gasteiger partial charge in [-0.05, 0) is 44.7 Å². The number of hydrogen-bond acceptors (Lipinski definition) is 3. The van der Waals surface area contributed by atoms with E-state index in [0.29, 0.717) is 12.1 Å². The second-order valence-corrected chi connectivity index (χ2v) is 4.79. The molecule has 2 rings (SSSR count). The van der Waals surface area contributed by atoms with E-state index in [4.69, 9.17) is 5.73 Å². The van der Waals surface area contributed by atoms with Crippen molar-refractivity contribution in [1.29, 1.82) is 0 Å². The van der Waals surface area contributed by atoms with Gasteiger partial charge < -0.3 is 10.6 Å². The van der Waals surface area contributed by atoms with Crippen molar-refractivity contribution in [2.45, 2.75) is 52.1 Å². The summed E-state index contributed by atoms with van der Waals surface area (Å²) in [5, 5.41) is 0. The van der Waals surface area contributed by atoms with Gasteiger partial charge in [0.1, 0.15) is 5.82 Å². The van der Waals surface area contributed by atoms with Crippen LogP contribution in [0.4, 0.5) is 11.5 Å². The van der Waals surface area contributed by atoms with Crippen molar-refractivity contribution in [2.75, 3.05) is 10.6 Å². The first-order chi connectivity index (χ1) is 7.63. The van der Waals surface area contributed by atoms with Gasteiger partial charge in [-0.25, -0.2) is 4.98 Å². The SMILES string of the molecule is CCC1CCC(C)N1c1cc(C)c(N)cn1. The molecule has 2 heterocycles. The van der Waals surface area contributed by atoms with Gasteiger partial charge >= 0.3 is 0 Å². The first-order valence-corrected chi connectivity index (χ1v) is 6.14. The van der Waals surface area contributed by atoms with Gasteiger partial charge in [0.05, 0.1) is 11.9 Å². The lowest BCUT2D eigenvalue weighted by atomic mass is 10.1. The van der Waals surface area contributed by atoms with E-state index in [9.17, 15) is 0 Å². The number of nitrogens with two attached hydrogens (primary N) is 1. The van der Waals surface area contributed by atoms with Crippen LogP contribution in [0.2, 0.25) is 0 Å². The Morgan fingerprint density at radius 3 is 2.88 bits per heavy atom. The molecule has 2 N–H and O–H groups in total. The molecule has 0 aromatic carbocycles. The summed E-state index contributed by atoms with van der Waals surface area (Å²) < 4.78 is 0. The zero-order chi connectivity index (χ0) is 11.7. The van der Waals surface area contributed by atoms with Crippen LogP contribution in [0.5, 0.6) is 0 Å². The summed E-state index contributed by atoms with van der Waals surface area (Å²) in [5.74, 6) is 1.09. The number of anilines is 2. The van der Waals surface area contributed by atoms with E-state index in [1.165, 1.54) is 19.3 Å². The van der Waals surface area contributed by atoms with Crippen LogP contribution in [0.1, 0.15) is 38.7 Å². The Hall–Kier alpha value is -1.25. The fourth-order valence-corrected chi connectivity index (χ4v) is 2.58. The van der Waals surface area contributed by atoms with E-state index >= 15 is 0 Å². The third-order valence-electron chi connectivity index (χ3n) is 3.66. The van der Waals surface area contributed by atoms with Gasteiger partial charge in [0, 0.05) is 12.1 Å². The van der Waals surface area contributed by atoms with E-state index < -0.39 is 0 Å². The maximum absolute atomic E-state index is 5.81. The van der Waals surface area contributed by atoms with Crippen LogP contribution in [-0.2, 0) is 0 Å². The standard InChI is InChI=1S/C13H21N3/c1-4-11-6-5-10(3)16(11)13-7-9(2)12(14)8-15-13/h7-8,10-11H,4-6,14H2,1-3H3. The van der Waals surface area contributed by atoms with Crippen LogP contribution in [-0.4, -0.2) is 17.1 Å². The lowest BCUT2D eigenvalue weighted by Crippen LogP contribution is -2.34. The van der Waals surface area contributed by atoms with Crippen molar-refractivity contribution in [1.82, 2.24) is 4.98 Å². The molecule has 1 saturated heterocycles. The van der Waals surface area contributed by atoms with Gasteiger partial charge in [-0.1, -0.05) is 6.92 Å². The first kappa shape index (κ1) is 11.2. The smallest absolute Gasteiger partial charge is 0.129 e. The number of nitrogens with zero attached hydrogens (tertiary/aromatic N) is 2. The molecule has 0 amide bonds. The van der Waals surface area contributed by atoms with Gasteiger partial charge in [0.2, 0.25) is 0 Å². The molecule has 2 atom stereocenters. The number of aromatic nitrogens is 1. The minimum Gasteiger partial charge on any atom is -0.397 e. The zero-order valence-corrected chi connectivity index (χ0v) is 10.4. The Labute approximate surface area is 97.7 Å². The highest BCUT2D eigenvalue weighted by atomic mass is 15.3. The molecule has 3 nitrogen and oxygen atoms in total. The summed E-state index contributed by atoms with van der Waals surface area (Å²) in [6.45, 7) is 6.57. The van der Waals surface area contributed by atoms with E-state index in [1.54, 1.807) is 6.20 Å². The Kier molecular flexibility index (Phi) is 3.03. The third kappa shape index (κ3) is 1.86. The highest BCUT2D eigenvalue weighted by molar-refractivity contribution is 5.53. The molecule has 3 heteroatoms. The van der Waals surface area contributed by atoms with Gasteiger partial charge in [-0.15, -0.1) is 0 Å². The van der Waals surface area contributed by atoms with Crippen molar-refractivity contribution in [2.24, 2.45) is 0 Å². The van der Waals surface area contributed by atoms with E-state index in [1.807, 2.05) is 6.92 Å². The predicted molar refractivity (Wildman–Crippen MR) is 68.6 cm³/mol. The van der Waals surface area contributed by atoms with Crippen molar-refractivity contribution in [3.05, 3.63) is 17.8 Å². The van der Waals surface area contributed by atoms with Crippen LogP contribution in [0.25, 0.3) is 0 Å². The molecule has 16 heavy (non-hydrogen) atoms. The van der Waals surface area contributed by atoms with Crippen LogP contribution in [0.15, 0.2) is 12.3 Å². The number of hydrogen-bond donors (Lipinski definition) is 1. The number of pyridine rings is 1. The normalized spacial score (nSPS) is 25.1. The summed E-state index contributed by atoms with van der Waals surface area (Å²) in [6, 6.07) is 3.35. The Morgan fingerprint density at radius 2 is 2.25 bits per heavy atom. The maximum Gasteiger partial charge on any atom is 0.129 e. The second kappa shape index (κ2) is 4.32. The molecule has 1 fully saturated rings. The van der Waals surface area contributed by atoms with Gasteiger partial charge in [0.25, 0.3) is 0 Å². The number of nitrogen functional groups attached to an aromatic ring is 1. The van der Waals surface area contributed by atoms with Crippen LogP contribution >= 0.6 is 0 Å². The summed E-state index contributed by atoms with van der Waals surface area (Å²) in [6.07, 6.45) is 5.52. The maximum atomic E-state index is 5.81. The topological polar surface area (TPSA) is 42.1 Å². The monoisotopic (exact) mass is 219 g/mol. The predicted octanol–water partition coefficient (Wildman–Crippen LogP) is 2.74. The molecule has 1 aromatic rings. The zero-order valence-electron chi connectivity index (χ0n) is 10.4. The molecule has 0 aliphatic carbocycles. The molecular formula is C13H21N3. The van der Waals surface area contributed by atoms with E-state index in [-0.39, 0.29) is 0 Å². The second-order valence-electron chi connectivity index (χ2n) is 4.79. The molecule has 0 bridgehead atoms. The fourth-order valence-electron chi connectivity index (χ4n) is 2.58. The lowest BCUT2D eigenvalue weighted by Gasteiger charge is -2.29. The highest BCUT2D eigenvalue weighted by Crippen LogP contribution is 2.31. The van der Waals surface area contributed by atoms with E-state index in [0.717, 1.165) is 17.1 Å². The van der Waals surface area contributed by atoms with Crippen molar-refractivity contribution >= 4 is 11.5 Å². The minimum absolute atomic E-state index is 0.598. The van der Waals surface area contributed by atoms with Gasteiger partial charge in [-0.2, -0.15) is 0 Å². The Morgan fingerprint density at radius 1 is 1.50 bits per heavy atom. The largest absolute Gasteiger partial charge is 0.397 e. The molecule has 1 aliphatic heterocycles. The molecule has 0 spiro atoms.